The standard InChI is InChI=1S/C19H15NO/c1-2-13-10-11-15-14-7-3-4-9-17(14)21-19(15)18(13)16-8-5-6-12-20-16/h2-12,16,20H,1H2. The summed E-state index contributed by atoms with van der Waals surface area (Å²) < 4.78 is 6.13. The summed E-state index contributed by atoms with van der Waals surface area (Å²) in [5.74, 6) is 0. The zero-order valence-corrected chi connectivity index (χ0v) is 11.5. The van der Waals surface area contributed by atoms with E-state index in [9.17, 15) is 0 Å². The minimum Gasteiger partial charge on any atom is -0.456 e. The van der Waals surface area contributed by atoms with E-state index in [0.29, 0.717) is 0 Å². The van der Waals surface area contributed by atoms with Gasteiger partial charge in [0.05, 0.1) is 6.04 Å². The van der Waals surface area contributed by atoms with Gasteiger partial charge in [-0.05, 0) is 30.0 Å². The highest BCUT2D eigenvalue weighted by Gasteiger charge is 2.19. The number of nitrogens with one attached hydrogen (secondary N) is 1. The van der Waals surface area contributed by atoms with E-state index in [1.165, 1.54) is 0 Å². The largest absolute Gasteiger partial charge is 0.456 e. The number of fused-ring (bicyclic) bond motifs is 3. The molecule has 21 heavy (non-hydrogen) atoms. The molecule has 2 nitrogen and oxygen atoms in total. The molecule has 0 aliphatic carbocycles. The molecule has 1 atom stereocenters. The number of rotatable bonds is 2. The average Bonchev–Trinajstić information content (AvgIpc) is 2.93. The first-order valence-electron chi connectivity index (χ1n) is 7.04. The first-order chi connectivity index (χ1) is 10.4. The molecule has 0 radical (unpaired) electrons. The highest BCUT2D eigenvalue weighted by molar-refractivity contribution is 6.06. The Hall–Kier alpha value is -2.74. The first kappa shape index (κ1) is 12.0. The fourth-order valence-corrected chi connectivity index (χ4v) is 2.95. The molecule has 1 unspecified atom stereocenters. The summed E-state index contributed by atoms with van der Waals surface area (Å²) in [5.41, 5.74) is 4.09. The van der Waals surface area contributed by atoms with E-state index in [0.717, 1.165) is 33.1 Å². The van der Waals surface area contributed by atoms with Crippen molar-refractivity contribution < 1.29 is 4.42 Å². The number of benzene rings is 2. The van der Waals surface area contributed by atoms with Gasteiger partial charge < -0.3 is 9.73 Å². The Labute approximate surface area is 123 Å². The normalized spacial score (nSPS) is 17.2. The molecule has 0 saturated carbocycles. The molecular weight excluding hydrogens is 258 g/mol. The van der Waals surface area contributed by atoms with E-state index >= 15 is 0 Å². The van der Waals surface area contributed by atoms with Crippen LogP contribution < -0.4 is 5.32 Å². The van der Waals surface area contributed by atoms with E-state index in [-0.39, 0.29) is 6.04 Å². The van der Waals surface area contributed by atoms with Crippen molar-refractivity contribution in [3.63, 3.8) is 0 Å². The fourth-order valence-electron chi connectivity index (χ4n) is 2.95. The molecule has 1 N–H and O–H groups in total. The molecule has 4 rings (SSSR count). The highest BCUT2D eigenvalue weighted by atomic mass is 16.3. The van der Waals surface area contributed by atoms with Crippen LogP contribution in [0.4, 0.5) is 0 Å². The zero-order chi connectivity index (χ0) is 14.2. The Balaban J connectivity index is 2.07. The summed E-state index contributed by atoms with van der Waals surface area (Å²) >= 11 is 0. The molecule has 102 valence electrons. The third-order valence-corrected chi connectivity index (χ3v) is 3.94. The van der Waals surface area contributed by atoms with Crippen LogP contribution in [0.25, 0.3) is 28.0 Å². The van der Waals surface area contributed by atoms with Gasteiger partial charge in [0, 0.05) is 16.3 Å². The van der Waals surface area contributed by atoms with Gasteiger partial charge in [-0.2, -0.15) is 0 Å². The molecule has 2 heterocycles. The topological polar surface area (TPSA) is 25.2 Å². The van der Waals surface area contributed by atoms with Crippen LogP contribution in [0, 0.1) is 0 Å². The lowest BCUT2D eigenvalue weighted by molar-refractivity contribution is 0.648. The minimum absolute atomic E-state index is 0.104. The molecule has 0 fully saturated rings. The second-order valence-electron chi connectivity index (χ2n) is 5.14. The molecule has 0 saturated heterocycles. The van der Waals surface area contributed by atoms with Crippen molar-refractivity contribution in [2.75, 3.05) is 0 Å². The van der Waals surface area contributed by atoms with Crippen LogP contribution >= 0.6 is 0 Å². The van der Waals surface area contributed by atoms with Gasteiger partial charge in [-0.1, -0.05) is 49.1 Å². The zero-order valence-electron chi connectivity index (χ0n) is 11.5. The molecule has 1 aromatic heterocycles. The molecule has 3 aromatic rings. The molecular formula is C19H15NO. The van der Waals surface area contributed by atoms with Crippen LogP contribution in [0.5, 0.6) is 0 Å². The van der Waals surface area contributed by atoms with Gasteiger partial charge in [-0.15, -0.1) is 0 Å². The van der Waals surface area contributed by atoms with Gasteiger partial charge in [0.1, 0.15) is 11.2 Å². The molecule has 2 heteroatoms. The second-order valence-corrected chi connectivity index (χ2v) is 5.14. The van der Waals surface area contributed by atoms with Gasteiger partial charge in [0.2, 0.25) is 0 Å². The fraction of sp³-hybridized carbons (Fsp3) is 0.0526. The van der Waals surface area contributed by atoms with Crippen molar-refractivity contribution in [1.82, 2.24) is 5.32 Å². The summed E-state index contributed by atoms with van der Waals surface area (Å²) in [5, 5.41) is 5.67. The lowest BCUT2D eigenvalue weighted by Crippen LogP contribution is -2.16. The van der Waals surface area contributed by atoms with Gasteiger partial charge in [-0.3, -0.25) is 0 Å². The maximum absolute atomic E-state index is 6.13. The minimum atomic E-state index is 0.104. The Bertz CT molecular complexity index is 898. The van der Waals surface area contributed by atoms with E-state index in [1.807, 2.05) is 36.6 Å². The number of allylic oxidation sites excluding steroid dienone is 2. The van der Waals surface area contributed by atoms with Crippen molar-refractivity contribution in [3.05, 3.63) is 78.5 Å². The van der Waals surface area contributed by atoms with Crippen molar-refractivity contribution in [1.29, 1.82) is 0 Å². The van der Waals surface area contributed by atoms with E-state index < -0.39 is 0 Å². The maximum Gasteiger partial charge on any atom is 0.141 e. The number of furan rings is 1. The van der Waals surface area contributed by atoms with Crippen LogP contribution in [0.2, 0.25) is 0 Å². The predicted molar refractivity (Wildman–Crippen MR) is 88.0 cm³/mol. The van der Waals surface area contributed by atoms with E-state index in [2.05, 4.69) is 42.2 Å². The third-order valence-electron chi connectivity index (χ3n) is 3.94. The summed E-state index contributed by atoms with van der Waals surface area (Å²) in [6.07, 6.45) is 10.0. The lowest BCUT2D eigenvalue weighted by Gasteiger charge is -2.18. The Morgan fingerprint density at radius 1 is 1.05 bits per heavy atom. The second kappa shape index (κ2) is 4.67. The highest BCUT2D eigenvalue weighted by Crippen LogP contribution is 2.36. The molecule has 0 amide bonds. The van der Waals surface area contributed by atoms with Crippen LogP contribution in [-0.2, 0) is 0 Å². The summed E-state index contributed by atoms with van der Waals surface area (Å²) in [6.45, 7) is 3.94. The predicted octanol–water partition coefficient (Wildman–Crippen LogP) is 4.94. The summed E-state index contributed by atoms with van der Waals surface area (Å²) in [6, 6.07) is 12.5. The SMILES string of the molecule is C=Cc1ccc2c(oc3ccccc32)c1C1C=CC=CN1. The van der Waals surface area contributed by atoms with Crippen LogP contribution in [0.3, 0.4) is 0 Å². The number of hydrogen-bond acceptors (Lipinski definition) is 2. The summed E-state index contributed by atoms with van der Waals surface area (Å²) in [7, 11) is 0. The number of dihydropyridines is 1. The van der Waals surface area contributed by atoms with Crippen LogP contribution in [0.15, 0.2) is 71.8 Å². The first-order valence-corrected chi connectivity index (χ1v) is 7.04. The number of para-hydroxylation sites is 1. The molecule has 0 spiro atoms. The molecule has 2 aromatic carbocycles. The van der Waals surface area contributed by atoms with Gasteiger partial charge in [0.15, 0.2) is 0 Å². The molecule has 1 aliphatic heterocycles. The average molecular weight is 273 g/mol. The Morgan fingerprint density at radius 3 is 2.76 bits per heavy atom. The van der Waals surface area contributed by atoms with Gasteiger partial charge >= 0.3 is 0 Å². The third kappa shape index (κ3) is 1.80. The van der Waals surface area contributed by atoms with Crippen molar-refractivity contribution in [2.24, 2.45) is 0 Å². The van der Waals surface area contributed by atoms with Crippen LogP contribution in [-0.4, -0.2) is 0 Å². The van der Waals surface area contributed by atoms with E-state index in [4.69, 9.17) is 4.42 Å². The Kier molecular flexibility index (Phi) is 2.68. The number of hydrogen-bond donors (Lipinski definition) is 1. The summed E-state index contributed by atoms with van der Waals surface area (Å²) in [4.78, 5) is 0. The van der Waals surface area contributed by atoms with Gasteiger partial charge in [-0.25, -0.2) is 0 Å². The maximum atomic E-state index is 6.13. The molecule has 0 bridgehead atoms. The smallest absolute Gasteiger partial charge is 0.141 e. The van der Waals surface area contributed by atoms with Crippen LogP contribution in [0.1, 0.15) is 17.2 Å². The van der Waals surface area contributed by atoms with Gasteiger partial charge in [0.25, 0.3) is 0 Å². The quantitative estimate of drug-likeness (QED) is 0.715. The van der Waals surface area contributed by atoms with Crippen molar-refractivity contribution in [3.8, 4) is 0 Å². The monoisotopic (exact) mass is 273 g/mol. The Morgan fingerprint density at radius 2 is 1.95 bits per heavy atom. The molecule has 1 aliphatic rings. The van der Waals surface area contributed by atoms with E-state index in [1.54, 1.807) is 0 Å². The lowest BCUT2D eigenvalue weighted by atomic mass is 9.96. The van der Waals surface area contributed by atoms with Crippen molar-refractivity contribution in [2.45, 2.75) is 6.04 Å². The van der Waals surface area contributed by atoms with Crippen molar-refractivity contribution >= 4 is 28.0 Å².